The maximum Gasteiger partial charge on any atom is 0.259 e. The largest absolute Gasteiger partial charge is 0.496 e. The number of nitrogens with zero attached hydrogens (tertiary/aromatic N) is 1. The van der Waals surface area contributed by atoms with Crippen LogP contribution in [0, 0.1) is 6.92 Å². The molecular weight excluding hydrogens is 252 g/mol. The maximum absolute atomic E-state index is 12.1. The molecule has 0 atom stereocenters. The fourth-order valence-corrected chi connectivity index (χ4v) is 2.32. The number of fused-ring (bicyclic) bond motifs is 1. The van der Waals surface area contributed by atoms with Gasteiger partial charge in [-0.1, -0.05) is 24.3 Å². The molecule has 0 aliphatic carbocycles. The normalized spacial score (nSPS) is 10.7. The van der Waals surface area contributed by atoms with Gasteiger partial charge in [0.2, 0.25) is 0 Å². The van der Waals surface area contributed by atoms with Crippen molar-refractivity contribution in [3.05, 3.63) is 58.4 Å². The first-order valence-corrected chi connectivity index (χ1v) is 6.34. The number of aryl methyl sites for hydroxylation is 1. The van der Waals surface area contributed by atoms with Crippen LogP contribution in [-0.2, 0) is 0 Å². The highest BCUT2D eigenvalue weighted by atomic mass is 16.5. The van der Waals surface area contributed by atoms with Crippen LogP contribution in [0.2, 0.25) is 0 Å². The zero-order valence-corrected chi connectivity index (χ0v) is 11.3. The van der Waals surface area contributed by atoms with Gasteiger partial charge in [0.15, 0.2) is 0 Å². The number of aromatic amines is 1. The van der Waals surface area contributed by atoms with Gasteiger partial charge in [0, 0.05) is 0 Å². The fraction of sp³-hybridized carbons (Fsp3) is 0.125. The van der Waals surface area contributed by atoms with Crippen molar-refractivity contribution in [1.82, 2.24) is 9.97 Å². The molecule has 0 aliphatic heterocycles. The van der Waals surface area contributed by atoms with Crippen LogP contribution in [0.5, 0.6) is 5.75 Å². The summed E-state index contributed by atoms with van der Waals surface area (Å²) in [6, 6.07) is 13.1. The zero-order valence-electron chi connectivity index (χ0n) is 11.3. The van der Waals surface area contributed by atoms with Crippen molar-refractivity contribution in [2.75, 3.05) is 7.11 Å². The monoisotopic (exact) mass is 266 g/mol. The average Bonchev–Trinajstić information content (AvgIpc) is 2.47. The van der Waals surface area contributed by atoms with Gasteiger partial charge in [-0.25, -0.2) is 4.98 Å². The minimum atomic E-state index is -0.144. The fourth-order valence-electron chi connectivity index (χ4n) is 2.32. The van der Waals surface area contributed by atoms with Crippen molar-refractivity contribution in [2.45, 2.75) is 6.92 Å². The van der Waals surface area contributed by atoms with Crippen LogP contribution in [0.4, 0.5) is 0 Å². The van der Waals surface area contributed by atoms with Crippen LogP contribution >= 0.6 is 0 Å². The van der Waals surface area contributed by atoms with E-state index < -0.39 is 0 Å². The van der Waals surface area contributed by atoms with Gasteiger partial charge in [-0.2, -0.15) is 0 Å². The summed E-state index contributed by atoms with van der Waals surface area (Å²) in [7, 11) is 1.62. The number of methoxy groups -OCH3 is 1. The van der Waals surface area contributed by atoms with Gasteiger partial charge in [0.05, 0.1) is 23.6 Å². The predicted octanol–water partition coefficient (Wildman–Crippen LogP) is 2.91. The smallest absolute Gasteiger partial charge is 0.259 e. The minimum Gasteiger partial charge on any atom is -0.496 e. The molecular formula is C16H14N2O2. The molecule has 0 amide bonds. The van der Waals surface area contributed by atoms with E-state index in [1.54, 1.807) is 13.2 Å². The number of benzene rings is 2. The van der Waals surface area contributed by atoms with E-state index in [0.29, 0.717) is 16.7 Å². The summed E-state index contributed by atoms with van der Waals surface area (Å²) in [6.07, 6.45) is 0. The highest BCUT2D eigenvalue weighted by Crippen LogP contribution is 2.30. The maximum atomic E-state index is 12.1. The van der Waals surface area contributed by atoms with Crippen LogP contribution in [0.1, 0.15) is 5.56 Å². The SMILES string of the molecule is COc1c(C)cccc1-c1nc2ccccc2c(=O)[nH]1. The molecule has 20 heavy (non-hydrogen) atoms. The number of H-pyrrole nitrogens is 1. The third-order valence-corrected chi connectivity index (χ3v) is 3.28. The summed E-state index contributed by atoms with van der Waals surface area (Å²) in [5, 5.41) is 0.586. The molecule has 4 nitrogen and oxygen atoms in total. The number of aromatic nitrogens is 2. The van der Waals surface area contributed by atoms with Crippen molar-refractivity contribution in [1.29, 1.82) is 0 Å². The number of hydrogen-bond acceptors (Lipinski definition) is 3. The quantitative estimate of drug-likeness (QED) is 0.776. The van der Waals surface area contributed by atoms with Crippen LogP contribution in [0.25, 0.3) is 22.3 Å². The molecule has 1 aromatic heterocycles. The molecule has 2 aromatic carbocycles. The molecule has 0 saturated heterocycles. The molecule has 3 rings (SSSR count). The van der Waals surface area contributed by atoms with Crippen molar-refractivity contribution in [3.8, 4) is 17.1 Å². The minimum absolute atomic E-state index is 0.144. The Labute approximate surface area is 116 Å². The van der Waals surface area contributed by atoms with Crippen LogP contribution in [-0.4, -0.2) is 17.1 Å². The Kier molecular flexibility index (Phi) is 2.99. The summed E-state index contributed by atoms with van der Waals surface area (Å²) >= 11 is 0. The van der Waals surface area contributed by atoms with Crippen LogP contribution < -0.4 is 10.3 Å². The summed E-state index contributed by atoms with van der Waals surface area (Å²) in [4.78, 5) is 19.5. The molecule has 0 fully saturated rings. The van der Waals surface area contributed by atoms with Gasteiger partial charge in [0.25, 0.3) is 5.56 Å². The molecule has 1 N–H and O–H groups in total. The Morgan fingerprint density at radius 3 is 2.70 bits per heavy atom. The van der Waals surface area contributed by atoms with Crippen LogP contribution in [0.15, 0.2) is 47.3 Å². The first-order valence-electron chi connectivity index (χ1n) is 6.34. The molecule has 0 bridgehead atoms. The van der Waals surface area contributed by atoms with Gasteiger partial charge in [0.1, 0.15) is 11.6 Å². The molecule has 0 aliphatic rings. The zero-order chi connectivity index (χ0) is 14.1. The van der Waals surface area contributed by atoms with Gasteiger partial charge in [-0.3, -0.25) is 4.79 Å². The number of para-hydroxylation sites is 2. The molecule has 3 aromatic rings. The highest BCUT2D eigenvalue weighted by molar-refractivity contribution is 5.80. The molecule has 1 heterocycles. The topological polar surface area (TPSA) is 55.0 Å². The van der Waals surface area contributed by atoms with E-state index in [9.17, 15) is 4.79 Å². The summed E-state index contributed by atoms with van der Waals surface area (Å²) < 4.78 is 5.42. The standard InChI is InChI=1S/C16H14N2O2/c1-10-6-5-8-12(14(10)20-2)15-17-13-9-4-3-7-11(13)16(19)18-15/h3-9H,1-2H3,(H,17,18,19). The summed E-state index contributed by atoms with van der Waals surface area (Å²) in [5.74, 6) is 1.25. The first-order chi connectivity index (χ1) is 9.70. The second-order valence-electron chi connectivity index (χ2n) is 4.59. The van der Waals surface area contributed by atoms with E-state index in [-0.39, 0.29) is 5.56 Å². The van der Waals surface area contributed by atoms with Crippen molar-refractivity contribution in [3.63, 3.8) is 0 Å². The van der Waals surface area contributed by atoms with E-state index in [1.165, 1.54) is 0 Å². The van der Waals surface area contributed by atoms with Gasteiger partial charge in [-0.15, -0.1) is 0 Å². The van der Waals surface area contributed by atoms with Gasteiger partial charge < -0.3 is 9.72 Å². The highest BCUT2D eigenvalue weighted by Gasteiger charge is 2.11. The van der Waals surface area contributed by atoms with Gasteiger partial charge in [-0.05, 0) is 30.7 Å². The average molecular weight is 266 g/mol. The molecule has 0 saturated carbocycles. The van der Waals surface area contributed by atoms with E-state index in [0.717, 1.165) is 16.9 Å². The van der Waals surface area contributed by atoms with Crippen molar-refractivity contribution >= 4 is 10.9 Å². The number of rotatable bonds is 2. The second-order valence-corrected chi connectivity index (χ2v) is 4.59. The Balaban J connectivity index is 2.31. The van der Waals surface area contributed by atoms with Crippen molar-refractivity contribution in [2.24, 2.45) is 0 Å². The third kappa shape index (κ3) is 1.95. The molecule has 0 unspecified atom stereocenters. The lowest BCUT2D eigenvalue weighted by Gasteiger charge is -2.10. The second kappa shape index (κ2) is 4.81. The van der Waals surface area contributed by atoms with Gasteiger partial charge >= 0.3 is 0 Å². The number of hydrogen-bond donors (Lipinski definition) is 1. The van der Waals surface area contributed by atoms with E-state index in [2.05, 4.69) is 9.97 Å². The van der Waals surface area contributed by atoms with Crippen molar-refractivity contribution < 1.29 is 4.74 Å². The lowest BCUT2D eigenvalue weighted by atomic mass is 10.1. The number of nitrogens with one attached hydrogen (secondary N) is 1. The Morgan fingerprint density at radius 2 is 1.90 bits per heavy atom. The lowest BCUT2D eigenvalue weighted by Crippen LogP contribution is -2.09. The molecule has 0 spiro atoms. The van der Waals surface area contributed by atoms with E-state index in [4.69, 9.17) is 4.74 Å². The summed E-state index contributed by atoms with van der Waals surface area (Å²) in [6.45, 7) is 1.96. The summed E-state index contributed by atoms with van der Waals surface area (Å²) in [5.41, 5.74) is 2.32. The first kappa shape index (κ1) is 12.4. The Hall–Kier alpha value is -2.62. The molecule has 0 radical (unpaired) electrons. The Morgan fingerprint density at radius 1 is 1.10 bits per heavy atom. The Bertz CT molecular complexity index is 837. The van der Waals surface area contributed by atoms with E-state index >= 15 is 0 Å². The third-order valence-electron chi connectivity index (χ3n) is 3.28. The van der Waals surface area contributed by atoms with Crippen LogP contribution in [0.3, 0.4) is 0 Å². The lowest BCUT2D eigenvalue weighted by molar-refractivity contribution is 0.413. The molecule has 4 heteroatoms. The number of ether oxygens (including phenoxy) is 1. The van der Waals surface area contributed by atoms with E-state index in [1.807, 2.05) is 43.3 Å². The predicted molar refractivity (Wildman–Crippen MR) is 79.1 cm³/mol. The molecule has 100 valence electrons.